The molecule has 4 heteroatoms. The van der Waals surface area contributed by atoms with Crippen molar-refractivity contribution < 1.29 is 13.5 Å². The zero-order valence-corrected chi connectivity index (χ0v) is 11.8. The number of ether oxygens (including phenoxy) is 1. The Morgan fingerprint density at radius 3 is 2.52 bits per heavy atom. The minimum absolute atomic E-state index is 0.0954. The van der Waals surface area contributed by atoms with Gasteiger partial charge in [-0.15, -0.1) is 0 Å². The highest BCUT2D eigenvalue weighted by Gasteiger charge is 2.10. The molecular weight excluding hydrogens is 272 g/mol. The van der Waals surface area contributed by atoms with Crippen LogP contribution in [-0.4, -0.2) is 6.61 Å². The summed E-state index contributed by atoms with van der Waals surface area (Å²) in [6.45, 7) is 5.95. The number of hydrogen-bond acceptors (Lipinski definition) is 2. The lowest BCUT2D eigenvalue weighted by atomic mass is 10.1. The van der Waals surface area contributed by atoms with Crippen molar-refractivity contribution in [2.75, 3.05) is 11.9 Å². The first-order valence-electron chi connectivity index (χ1n) is 6.63. The molecule has 0 saturated carbocycles. The predicted octanol–water partition coefficient (Wildman–Crippen LogP) is 4.45. The van der Waals surface area contributed by atoms with Crippen LogP contribution in [0.15, 0.2) is 49.1 Å². The molecule has 0 aliphatic heterocycles. The largest absolute Gasteiger partial charge is 0.490 e. The van der Waals surface area contributed by atoms with E-state index in [1.165, 1.54) is 12.1 Å². The molecule has 0 radical (unpaired) electrons. The predicted molar refractivity (Wildman–Crippen MR) is 80.6 cm³/mol. The Bertz CT molecular complexity index is 623. The summed E-state index contributed by atoms with van der Waals surface area (Å²) in [7, 11) is 0. The third-order valence-corrected chi connectivity index (χ3v) is 3.04. The lowest BCUT2D eigenvalue weighted by Crippen LogP contribution is -2.05. The highest BCUT2D eigenvalue weighted by atomic mass is 19.1. The Morgan fingerprint density at radius 1 is 1.14 bits per heavy atom. The molecule has 0 fully saturated rings. The monoisotopic (exact) mass is 289 g/mol. The van der Waals surface area contributed by atoms with E-state index in [-0.39, 0.29) is 5.69 Å². The molecule has 0 unspecified atom stereocenters. The van der Waals surface area contributed by atoms with Gasteiger partial charge >= 0.3 is 0 Å². The van der Waals surface area contributed by atoms with Crippen molar-refractivity contribution in [1.82, 2.24) is 0 Å². The van der Waals surface area contributed by atoms with Gasteiger partial charge in [0.25, 0.3) is 0 Å². The fourth-order valence-corrected chi connectivity index (χ4v) is 1.87. The molecular formula is C17H17F2NO. The van der Waals surface area contributed by atoms with Gasteiger partial charge in [-0.05, 0) is 36.2 Å². The van der Waals surface area contributed by atoms with Gasteiger partial charge in [-0.3, -0.25) is 0 Å². The van der Waals surface area contributed by atoms with Gasteiger partial charge in [0, 0.05) is 6.54 Å². The maximum atomic E-state index is 13.8. The first-order chi connectivity index (χ1) is 10.1. The van der Waals surface area contributed by atoms with E-state index in [1.807, 2.05) is 24.3 Å². The van der Waals surface area contributed by atoms with Gasteiger partial charge in [0.2, 0.25) is 0 Å². The maximum Gasteiger partial charge on any atom is 0.152 e. The van der Waals surface area contributed by atoms with E-state index < -0.39 is 11.6 Å². The molecule has 110 valence electrons. The Morgan fingerprint density at radius 2 is 1.86 bits per heavy atom. The van der Waals surface area contributed by atoms with Crippen LogP contribution in [0.2, 0.25) is 0 Å². The van der Waals surface area contributed by atoms with Crippen LogP contribution in [0.25, 0.3) is 0 Å². The van der Waals surface area contributed by atoms with Gasteiger partial charge in [-0.1, -0.05) is 30.9 Å². The molecule has 0 saturated heterocycles. The van der Waals surface area contributed by atoms with Crippen molar-refractivity contribution in [1.29, 1.82) is 0 Å². The van der Waals surface area contributed by atoms with E-state index >= 15 is 0 Å². The highest BCUT2D eigenvalue weighted by Crippen LogP contribution is 2.22. The van der Waals surface area contributed by atoms with E-state index in [4.69, 9.17) is 4.74 Å². The minimum Gasteiger partial charge on any atom is -0.490 e. The van der Waals surface area contributed by atoms with Crippen LogP contribution >= 0.6 is 0 Å². The Labute approximate surface area is 123 Å². The maximum absolute atomic E-state index is 13.8. The first-order valence-corrected chi connectivity index (χ1v) is 6.63. The van der Waals surface area contributed by atoms with Crippen molar-refractivity contribution in [3.63, 3.8) is 0 Å². The summed E-state index contributed by atoms with van der Waals surface area (Å²) in [5.74, 6) is -0.420. The van der Waals surface area contributed by atoms with E-state index in [2.05, 4.69) is 11.9 Å². The second-order valence-electron chi connectivity index (χ2n) is 4.65. The third kappa shape index (κ3) is 3.81. The summed E-state index contributed by atoms with van der Waals surface area (Å²) in [6.07, 6.45) is 1.67. The molecule has 0 aliphatic rings. The molecule has 2 aromatic rings. The molecule has 0 amide bonds. The molecule has 21 heavy (non-hydrogen) atoms. The van der Waals surface area contributed by atoms with Gasteiger partial charge in [-0.25, -0.2) is 8.78 Å². The molecule has 0 atom stereocenters. The van der Waals surface area contributed by atoms with Crippen LogP contribution in [-0.2, 0) is 6.54 Å². The van der Waals surface area contributed by atoms with Crippen molar-refractivity contribution in [2.24, 2.45) is 0 Å². The summed E-state index contributed by atoms with van der Waals surface area (Å²) in [6, 6.07) is 9.98. The van der Waals surface area contributed by atoms with E-state index in [1.54, 1.807) is 13.0 Å². The van der Waals surface area contributed by atoms with Gasteiger partial charge in [0.15, 0.2) is 5.82 Å². The van der Waals surface area contributed by atoms with Crippen molar-refractivity contribution in [3.8, 4) is 5.75 Å². The lowest BCUT2D eigenvalue weighted by molar-refractivity contribution is 0.363. The first kappa shape index (κ1) is 15.0. The van der Waals surface area contributed by atoms with Crippen LogP contribution in [0.4, 0.5) is 14.5 Å². The zero-order valence-electron chi connectivity index (χ0n) is 11.8. The van der Waals surface area contributed by atoms with Crippen LogP contribution in [0, 0.1) is 18.6 Å². The number of nitrogens with one attached hydrogen (secondary N) is 1. The lowest BCUT2D eigenvalue weighted by Gasteiger charge is -2.11. The molecule has 2 nitrogen and oxygen atoms in total. The SMILES string of the molecule is C=CCOc1ccc(CNc2c(F)ccc(C)c2F)cc1. The Balaban J connectivity index is 2.03. The summed E-state index contributed by atoms with van der Waals surface area (Å²) in [4.78, 5) is 0. The average molecular weight is 289 g/mol. The highest BCUT2D eigenvalue weighted by molar-refractivity contribution is 5.49. The number of rotatable bonds is 6. The summed E-state index contributed by atoms with van der Waals surface area (Å²) in [5, 5.41) is 2.79. The number of hydrogen-bond donors (Lipinski definition) is 1. The fourth-order valence-electron chi connectivity index (χ4n) is 1.87. The normalized spacial score (nSPS) is 10.2. The molecule has 0 spiro atoms. The Hall–Kier alpha value is -2.36. The number of aryl methyl sites for hydroxylation is 1. The van der Waals surface area contributed by atoms with Gasteiger partial charge < -0.3 is 10.1 Å². The van der Waals surface area contributed by atoms with Crippen molar-refractivity contribution in [2.45, 2.75) is 13.5 Å². The zero-order chi connectivity index (χ0) is 15.2. The fraction of sp³-hybridized carbons (Fsp3) is 0.176. The molecule has 0 aromatic heterocycles. The van der Waals surface area contributed by atoms with Crippen molar-refractivity contribution >= 4 is 5.69 Å². The quantitative estimate of drug-likeness (QED) is 0.793. The molecule has 0 aliphatic carbocycles. The third-order valence-electron chi connectivity index (χ3n) is 3.04. The average Bonchev–Trinajstić information content (AvgIpc) is 2.50. The number of benzene rings is 2. The van der Waals surface area contributed by atoms with Crippen LogP contribution in [0.3, 0.4) is 0 Å². The second-order valence-corrected chi connectivity index (χ2v) is 4.65. The number of anilines is 1. The molecule has 0 bridgehead atoms. The van der Waals surface area contributed by atoms with Crippen molar-refractivity contribution in [3.05, 3.63) is 71.8 Å². The van der Waals surface area contributed by atoms with Crippen LogP contribution in [0.1, 0.15) is 11.1 Å². The Kier molecular flexibility index (Phi) is 4.93. The van der Waals surface area contributed by atoms with Gasteiger partial charge in [-0.2, -0.15) is 0 Å². The topological polar surface area (TPSA) is 21.3 Å². The van der Waals surface area contributed by atoms with Crippen LogP contribution in [0.5, 0.6) is 5.75 Å². The molecule has 0 heterocycles. The summed E-state index contributed by atoms with van der Waals surface area (Å²) >= 11 is 0. The standard InChI is InChI=1S/C17H17F2NO/c1-3-10-21-14-7-5-13(6-8-14)11-20-17-15(18)9-4-12(2)16(17)19/h3-9,20H,1,10-11H2,2H3. The summed E-state index contributed by atoms with van der Waals surface area (Å²) in [5.41, 5.74) is 1.22. The van der Waals surface area contributed by atoms with Crippen LogP contribution < -0.4 is 10.1 Å². The second kappa shape index (κ2) is 6.88. The van der Waals surface area contributed by atoms with E-state index in [0.717, 1.165) is 11.3 Å². The molecule has 1 N–H and O–H groups in total. The molecule has 2 aromatic carbocycles. The smallest absolute Gasteiger partial charge is 0.152 e. The number of halogens is 2. The molecule has 2 rings (SSSR count). The summed E-state index contributed by atoms with van der Waals surface area (Å²) < 4.78 is 32.8. The van der Waals surface area contributed by atoms with Gasteiger partial charge in [0.05, 0.1) is 0 Å². The van der Waals surface area contributed by atoms with Gasteiger partial charge in [0.1, 0.15) is 23.9 Å². The van der Waals surface area contributed by atoms with E-state index in [0.29, 0.717) is 18.7 Å². The van der Waals surface area contributed by atoms with E-state index in [9.17, 15) is 8.78 Å². The minimum atomic E-state index is -0.593.